The van der Waals surface area contributed by atoms with E-state index in [0.717, 1.165) is 24.7 Å². The van der Waals surface area contributed by atoms with Gasteiger partial charge in [0.1, 0.15) is 5.82 Å². The number of aromatic nitrogens is 1. The fraction of sp³-hybridized carbons (Fsp3) is 0. The van der Waals surface area contributed by atoms with E-state index in [1.54, 1.807) is 23.5 Å². The van der Waals surface area contributed by atoms with E-state index in [-0.39, 0.29) is 5.56 Å². The zero-order valence-corrected chi connectivity index (χ0v) is 16.3. The van der Waals surface area contributed by atoms with Crippen LogP contribution < -0.4 is 5.32 Å². The van der Waals surface area contributed by atoms with Gasteiger partial charge in [0.25, 0.3) is 0 Å². The van der Waals surface area contributed by atoms with Gasteiger partial charge in [0.05, 0.1) is 11.1 Å². The summed E-state index contributed by atoms with van der Waals surface area (Å²) >= 11 is 9.95. The number of nitrogens with one attached hydrogen (secondary N) is 1. The van der Waals surface area contributed by atoms with E-state index >= 15 is 0 Å². The Labute approximate surface area is 165 Å². The minimum absolute atomic E-state index is 0.221. The average Bonchev–Trinajstić information content (AvgIpc) is 3.03. The highest BCUT2D eigenvalue weighted by Gasteiger charge is 2.12. The van der Waals surface area contributed by atoms with Gasteiger partial charge in [-0.05, 0) is 64.4 Å². The van der Waals surface area contributed by atoms with E-state index < -0.39 is 5.97 Å². The van der Waals surface area contributed by atoms with Gasteiger partial charge >= 0.3 is 5.97 Å². The largest absolute Gasteiger partial charge is 0.478 e. The van der Waals surface area contributed by atoms with Crippen LogP contribution >= 0.6 is 45.5 Å². The third kappa shape index (κ3) is 3.17. The molecular formula is C18H10ClIN2O2S. The van der Waals surface area contributed by atoms with Crippen molar-refractivity contribution in [3.05, 3.63) is 62.0 Å². The van der Waals surface area contributed by atoms with Crippen molar-refractivity contribution >= 4 is 84.0 Å². The second-order valence-electron chi connectivity index (χ2n) is 5.44. The first-order valence-corrected chi connectivity index (χ1v) is 9.62. The standard InChI is InChI=1S/C18H10ClIN2O2S/c19-10-6-11(20)8-12(7-10)21-17-14-3-4-25-16(14)13-2-1-9(18(23)24)5-15(13)22-17/h1-8H,(H,21,22)(H,23,24). The molecule has 0 aliphatic heterocycles. The summed E-state index contributed by atoms with van der Waals surface area (Å²) in [5, 5.41) is 17.1. The summed E-state index contributed by atoms with van der Waals surface area (Å²) in [5.74, 6) is -0.279. The van der Waals surface area contributed by atoms with E-state index in [9.17, 15) is 9.90 Å². The molecule has 2 heterocycles. The van der Waals surface area contributed by atoms with Crippen molar-refractivity contribution in [3.63, 3.8) is 0 Å². The number of fused-ring (bicyclic) bond motifs is 3. The highest BCUT2D eigenvalue weighted by Crippen LogP contribution is 2.35. The van der Waals surface area contributed by atoms with Gasteiger partial charge in [0.2, 0.25) is 0 Å². The second kappa shape index (κ2) is 6.44. The second-order valence-corrected chi connectivity index (χ2v) is 8.04. The Kier molecular flexibility index (Phi) is 4.26. The van der Waals surface area contributed by atoms with Crippen LogP contribution in [-0.4, -0.2) is 16.1 Å². The third-order valence-electron chi connectivity index (χ3n) is 3.77. The number of thiophene rings is 1. The van der Waals surface area contributed by atoms with E-state index in [2.05, 4.69) is 32.9 Å². The molecule has 0 radical (unpaired) electrons. The predicted octanol–water partition coefficient (Wildman–Crippen LogP) is 6.15. The number of pyridine rings is 1. The SMILES string of the molecule is O=C(O)c1ccc2c(c1)nc(Nc1cc(Cl)cc(I)c1)c1ccsc12. The summed E-state index contributed by atoms with van der Waals surface area (Å²) in [6.45, 7) is 0. The van der Waals surface area contributed by atoms with Crippen LogP contribution in [0, 0.1) is 3.57 Å². The number of nitrogens with zero attached hydrogens (tertiary/aromatic N) is 1. The molecule has 2 aromatic heterocycles. The maximum atomic E-state index is 11.3. The van der Waals surface area contributed by atoms with Crippen molar-refractivity contribution in [3.8, 4) is 0 Å². The highest BCUT2D eigenvalue weighted by atomic mass is 127. The topological polar surface area (TPSA) is 62.2 Å². The summed E-state index contributed by atoms with van der Waals surface area (Å²) < 4.78 is 2.09. The highest BCUT2D eigenvalue weighted by molar-refractivity contribution is 14.1. The Morgan fingerprint density at radius 3 is 2.76 bits per heavy atom. The lowest BCUT2D eigenvalue weighted by Gasteiger charge is -2.10. The molecule has 124 valence electrons. The van der Waals surface area contributed by atoms with Crippen LogP contribution in [0.2, 0.25) is 5.02 Å². The van der Waals surface area contributed by atoms with Crippen LogP contribution in [0.3, 0.4) is 0 Å². The Balaban J connectivity index is 1.91. The first-order valence-electron chi connectivity index (χ1n) is 7.28. The van der Waals surface area contributed by atoms with Gasteiger partial charge in [-0.3, -0.25) is 0 Å². The first-order chi connectivity index (χ1) is 12.0. The monoisotopic (exact) mass is 480 g/mol. The number of carboxylic acid groups (broad SMARTS) is 1. The normalized spacial score (nSPS) is 11.1. The fourth-order valence-electron chi connectivity index (χ4n) is 2.69. The number of benzene rings is 2. The maximum absolute atomic E-state index is 11.3. The Morgan fingerprint density at radius 2 is 2.00 bits per heavy atom. The summed E-state index contributed by atoms with van der Waals surface area (Å²) in [6, 6.07) is 12.7. The summed E-state index contributed by atoms with van der Waals surface area (Å²) in [5.41, 5.74) is 1.71. The zero-order valence-electron chi connectivity index (χ0n) is 12.6. The van der Waals surface area contributed by atoms with Gasteiger partial charge in [-0.15, -0.1) is 11.3 Å². The fourth-order valence-corrected chi connectivity index (χ4v) is 4.71. The number of carboxylic acids is 1. The molecule has 0 amide bonds. The number of rotatable bonds is 3. The number of aromatic carboxylic acids is 1. The molecule has 0 spiro atoms. The smallest absolute Gasteiger partial charge is 0.335 e. The lowest BCUT2D eigenvalue weighted by Crippen LogP contribution is -1.98. The summed E-state index contributed by atoms with van der Waals surface area (Å²) in [7, 11) is 0. The van der Waals surface area contributed by atoms with E-state index in [1.807, 2.05) is 35.7 Å². The Bertz CT molecular complexity index is 1120. The van der Waals surface area contributed by atoms with Gasteiger partial charge in [0.15, 0.2) is 0 Å². The van der Waals surface area contributed by atoms with E-state index in [0.29, 0.717) is 16.4 Å². The zero-order chi connectivity index (χ0) is 17.6. The van der Waals surface area contributed by atoms with Crippen molar-refractivity contribution in [2.45, 2.75) is 0 Å². The van der Waals surface area contributed by atoms with Crippen LogP contribution in [0.1, 0.15) is 10.4 Å². The lowest BCUT2D eigenvalue weighted by atomic mass is 10.1. The van der Waals surface area contributed by atoms with Crippen molar-refractivity contribution in [2.24, 2.45) is 0 Å². The van der Waals surface area contributed by atoms with Gasteiger partial charge < -0.3 is 10.4 Å². The Morgan fingerprint density at radius 1 is 1.16 bits per heavy atom. The molecule has 0 bridgehead atoms. The summed E-state index contributed by atoms with van der Waals surface area (Å²) in [6.07, 6.45) is 0. The van der Waals surface area contributed by atoms with Crippen LogP contribution in [0.25, 0.3) is 21.0 Å². The van der Waals surface area contributed by atoms with Gasteiger partial charge in [-0.1, -0.05) is 17.7 Å². The van der Waals surface area contributed by atoms with Crippen LogP contribution in [0.15, 0.2) is 47.8 Å². The Hall–Kier alpha value is -1.90. The molecule has 0 aliphatic carbocycles. The molecular weight excluding hydrogens is 471 g/mol. The predicted molar refractivity (Wildman–Crippen MR) is 112 cm³/mol. The number of hydrogen-bond acceptors (Lipinski definition) is 4. The van der Waals surface area contributed by atoms with Crippen LogP contribution in [0.4, 0.5) is 11.5 Å². The number of hydrogen-bond donors (Lipinski definition) is 2. The minimum atomic E-state index is -0.964. The van der Waals surface area contributed by atoms with Crippen LogP contribution in [0.5, 0.6) is 0 Å². The van der Waals surface area contributed by atoms with Crippen molar-refractivity contribution in [1.29, 1.82) is 0 Å². The molecule has 0 atom stereocenters. The molecule has 0 aliphatic rings. The van der Waals surface area contributed by atoms with Crippen molar-refractivity contribution in [2.75, 3.05) is 5.32 Å². The molecule has 0 saturated heterocycles. The van der Waals surface area contributed by atoms with Crippen molar-refractivity contribution < 1.29 is 9.90 Å². The molecule has 7 heteroatoms. The average molecular weight is 481 g/mol. The molecule has 0 fully saturated rings. The number of halogens is 2. The molecule has 0 saturated carbocycles. The van der Waals surface area contributed by atoms with Crippen LogP contribution in [-0.2, 0) is 0 Å². The quantitative estimate of drug-likeness (QED) is 0.345. The lowest BCUT2D eigenvalue weighted by molar-refractivity contribution is 0.0697. The molecule has 25 heavy (non-hydrogen) atoms. The third-order valence-corrected chi connectivity index (χ3v) is 5.56. The summed E-state index contributed by atoms with van der Waals surface area (Å²) in [4.78, 5) is 15.9. The molecule has 2 N–H and O–H groups in total. The first kappa shape index (κ1) is 16.6. The van der Waals surface area contributed by atoms with Gasteiger partial charge in [-0.2, -0.15) is 0 Å². The minimum Gasteiger partial charge on any atom is -0.478 e. The van der Waals surface area contributed by atoms with E-state index in [1.165, 1.54) is 0 Å². The van der Waals surface area contributed by atoms with Gasteiger partial charge in [0, 0.05) is 29.8 Å². The van der Waals surface area contributed by atoms with Gasteiger partial charge in [-0.25, -0.2) is 9.78 Å². The molecule has 4 aromatic rings. The molecule has 2 aromatic carbocycles. The van der Waals surface area contributed by atoms with Crippen molar-refractivity contribution in [1.82, 2.24) is 4.98 Å². The van der Waals surface area contributed by atoms with E-state index in [4.69, 9.17) is 11.6 Å². The number of carbonyl (C=O) groups is 1. The molecule has 4 nitrogen and oxygen atoms in total. The maximum Gasteiger partial charge on any atom is 0.335 e. The molecule has 0 unspecified atom stereocenters. The number of anilines is 2. The molecule has 4 rings (SSSR count).